The molecule has 4 heterocycles. The summed E-state index contributed by atoms with van der Waals surface area (Å²) in [5.41, 5.74) is 5.49. The molecule has 0 spiro atoms. The smallest absolute Gasteiger partial charge is 0.136 e. The minimum atomic E-state index is 0.750. The molecule has 0 unspecified atom stereocenters. The third-order valence-corrected chi connectivity index (χ3v) is 6.02. The molecule has 5 nitrogen and oxygen atoms in total. The number of hydrogen-bond donors (Lipinski definition) is 0. The molecule has 0 saturated carbocycles. The van der Waals surface area contributed by atoms with E-state index < -0.39 is 0 Å². The second-order valence-electron chi connectivity index (χ2n) is 7.12. The standard InChI is InChI=1S/C19H25N5S/c1-15-18(25-14-21-15)13-22(2)10-16-6-8-23(11-16)12-17-4-3-5-19-20-7-9-24(17)19/h3-5,7,9,14,16H,6,8,10-13H2,1-2H3/t16-/m1/s1. The first-order valence-corrected chi connectivity index (χ1v) is 9.78. The van der Waals surface area contributed by atoms with E-state index in [1.807, 2.05) is 11.7 Å². The van der Waals surface area contributed by atoms with Gasteiger partial charge in [0, 0.05) is 49.1 Å². The molecule has 0 radical (unpaired) electrons. The van der Waals surface area contributed by atoms with Crippen molar-refractivity contribution in [3.05, 3.63) is 52.4 Å². The van der Waals surface area contributed by atoms with Crippen LogP contribution in [0.1, 0.15) is 22.7 Å². The van der Waals surface area contributed by atoms with Crippen LogP contribution in [-0.2, 0) is 13.1 Å². The van der Waals surface area contributed by atoms with E-state index in [0.717, 1.165) is 31.2 Å². The van der Waals surface area contributed by atoms with Crippen LogP contribution in [0.4, 0.5) is 0 Å². The lowest BCUT2D eigenvalue weighted by atomic mass is 10.1. The van der Waals surface area contributed by atoms with Crippen molar-refractivity contribution in [2.24, 2.45) is 5.92 Å². The first-order chi connectivity index (χ1) is 12.2. The maximum atomic E-state index is 4.38. The van der Waals surface area contributed by atoms with E-state index >= 15 is 0 Å². The Bertz CT molecular complexity index is 839. The highest BCUT2D eigenvalue weighted by Crippen LogP contribution is 2.21. The molecular weight excluding hydrogens is 330 g/mol. The molecule has 1 aliphatic heterocycles. The molecule has 1 saturated heterocycles. The van der Waals surface area contributed by atoms with Crippen LogP contribution in [0.5, 0.6) is 0 Å². The topological polar surface area (TPSA) is 36.7 Å². The normalized spacial score (nSPS) is 18.6. The van der Waals surface area contributed by atoms with E-state index in [1.54, 1.807) is 11.3 Å². The summed E-state index contributed by atoms with van der Waals surface area (Å²) < 4.78 is 2.20. The first kappa shape index (κ1) is 16.7. The van der Waals surface area contributed by atoms with Gasteiger partial charge >= 0.3 is 0 Å². The van der Waals surface area contributed by atoms with Gasteiger partial charge < -0.3 is 9.30 Å². The third-order valence-electron chi connectivity index (χ3n) is 5.10. The average molecular weight is 356 g/mol. The van der Waals surface area contributed by atoms with Crippen molar-refractivity contribution < 1.29 is 0 Å². The van der Waals surface area contributed by atoms with Crippen LogP contribution in [0, 0.1) is 12.8 Å². The summed E-state index contributed by atoms with van der Waals surface area (Å²) in [4.78, 5) is 15.2. The fourth-order valence-electron chi connectivity index (χ4n) is 3.80. The van der Waals surface area contributed by atoms with Crippen molar-refractivity contribution in [2.45, 2.75) is 26.4 Å². The minimum Gasteiger partial charge on any atom is -0.303 e. The monoisotopic (exact) mass is 355 g/mol. The van der Waals surface area contributed by atoms with Crippen molar-refractivity contribution >= 4 is 17.0 Å². The molecule has 25 heavy (non-hydrogen) atoms. The van der Waals surface area contributed by atoms with E-state index in [-0.39, 0.29) is 0 Å². The molecule has 4 rings (SSSR count). The third kappa shape index (κ3) is 3.76. The lowest BCUT2D eigenvalue weighted by molar-refractivity contribution is 0.254. The zero-order valence-electron chi connectivity index (χ0n) is 14.9. The number of likely N-dealkylation sites (tertiary alicyclic amines) is 1. The second kappa shape index (κ2) is 7.23. The molecule has 3 aromatic rings. The van der Waals surface area contributed by atoms with Crippen LogP contribution < -0.4 is 0 Å². The minimum absolute atomic E-state index is 0.750. The zero-order chi connectivity index (χ0) is 17.2. The van der Waals surface area contributed by atoms with Gasteiger partial charge in [-0.05, 0) is 45.0 Å². The number of aromatic nitrogens is 3. The van der Waals surface area contributed by atoms with E-state index in [1.165, 1.54) is 35.8 Å². The largest absolute Gasteiger partial charge is 0.303 e. The zero-order valence-corrected chi connectivity index (χ0v) is 15.7. The molecule has 1 aliphatic rings. The molecule has 0 bridgehead atoms. The lowest BCUT2D eigenvalue weighted by Gasteiger charge is -2.21. The van der Waals surface area contributed by atoms with E-state index in [2.05, 4.69) is 62.5 Å². The first-order valence-electron chi connectivity index (χ1n) is 8.90. The number of hydrogen-bond acceptors (Lipinski definition) is 5. The maximum absolute atomic E-state index is 4.38. The molecule has 1 atom stereocenters. The van der Waals surface area contributed by atoms with Gasteiger partial charge in [0.05, 0.1) is 11.2 Å². The number of imidazole rings is 1. The maximum Gasteiger partial charge on any atom is 0.136 e. The Morgan fingerprint density at radius 1 is 1.32 bits per heavy atom. The second-order valence-corrected chi connectivity index (χ2v) is 8.06. The Labute approximate surface area is 152 Å². The van der Waals surface area contributed by atoms with Crippen molar-refractivity contribution in [3.63, 3.8) is 0 Å². The summed E-state index contributed by atoms with van der Waals surface area (Å²) in [5, 5.41) is 0. The van der Waals surface area contributed by atoms with Crippen LogP contribution in [-0.4, -0.2) is 50.9 Å². The SMILES string of the molecule is Cc1ncsc1CN(C)C[C@H]1CCN(Cc2cccc3nccn23)C1. The van der Waals surface area contributed by atoms with Crippen LogP contribution in [0.3, 0.4) is 0 Å². The summed E-state index contributed by atoms with van der Waals surface area (Å²) in [6.07, 6.45) is 5.22. The number of aryl methyl sites for hydroxylation is 1. The van der Waals surface area contributed by atoms with Gasteiger partial charge in [0.2, 0.25) is 0 Å². The summed E-state index contributed by atoms with van der Waals surface area (Å²) in [6, 6.07) is 6.38. The molecule has 3 aromatic heterocycles. The predicted octanol–water partition coefficient (Wildman–Crippen LogP) is 3.05. The lowest BCUT2D eigenvalue weighted by Crippen LogP contribution is -2.28. The summed E-state index contributed by atoms with van der Waals surface area (Å²) in [7, 11) is 2.23. The Morgan fingerprint density at radius 2 is 2.24 bits per heavy atom. The Morgan fingerprint density at radius 3 is 3.08 bits per heavy atom. The van der Waals surface area contributed by atoms with Crippen molar-refractivity contribution in [3.8, 4) is 0 Å². The van der Waals surface area contributed by atoms with Gasteiger partial charge in [-0.1, -0.05) is 6.07 Å². The van der Waals surface area contributed by atoms with E-state index in [4.69, 9.17) is 0 Å². The number of nitrogens with zero attached hydrogens (tertiary/aromatic N) is 5. The molecule has 0 N–H and O–H groups in total. The van der Waals surface area contributed by atoms with Gasteiger partial charge in [0.25, 0.3) is 0 Å². The number of fused-ring (bicyclic) bond motifs is 1. The molecule has 132 valence electrons. The molecule has 6 heteroatoms. The molecule has 1 fully saturated rings. The fraction of sp³-hybridized carbons (Fsp3) is 0.474. The summed E-state index contributed by atoms with van der Waals surface area (Å²) in [6.45, 7) is 7.64. The Balaban J connectivity index is 1.32. The van der Waals surface area contributed by atoms with Crippen LogP contribution >= 0.6 is 11.3 Å². The molecule has 0 aromatic carbocycles. The average Bonchev–Trinajstić information content (AvgIpc) is 3.31. The van der Waals surface area contributed by atoms with Crippen LogP contribution in [0.15, 0.2) is 36.1 Å². The van der Waals surface area contributed by atoms with Gasteiger partial charge in [-0.2, -0.15) is 0 Å². The fourth-order valence-corrected chi connectivity index (χ4v) is 4.65. The van der Waals surface area contributed by atoms with Crippen molar-refractivity contribution in [1.82, 2.24) is 24.2 Å². The van der Waals surface area contributed by atoms with Gasteiger partial charge in [0.1, 0.15) is 5.65 Å². The summed E-state index contributed by atoms with van der Waals surface area (Å²) in [5.74, 6) is 0.750. The molecule has 0 amide bonds. The van der Waals surface area contributed by atoms with Gasteiger partial charge in [-0.25, -0.2) is 9.97 Å². The number of rotatable bonds is 6. The highest BCUT2D eigenvalue weighted by molar-refractivity contribution is 7.09. The highest BCUT2D eigenvalue weighted by Gasteiger charge is 2.24. The Kier molecular flexibility index (Phi) is 4.83. The van der Waals surface area contributed by atoms with Gasteiger partial charge in [-0.3, -0.25) is 4.90 Å². The Hall–Kier alpha value is -1.76. The highest BCUT2D eigenvalue weighted by atomic mass is 32.1. The number of pyridine rings is 1. The molecule has 0 aliphatic carbocycles. The van der Waals surface area contributed by atoms with Crippen LogP contribution in [0.2, 0.25) is 0 Å². The van der Waals surface area contributed by atoms with Gasteiger partial charge in [0.15, 0.2) is 0 Å². The van der Waals surface area contributed by atoms with E-state index in [0.29, 0.717) is 0 Å². The van der Waals surface area contributed by atoms with Crippen LogP contribution in [0.25, 0.3) is 5.65 Å². The van der Waals surface area contributed by atoms with Crippen molar-refractivity contribution in [2.75, 3.05) is 26.7 Å². The predicted molar refractivity (Wildman–Crippen MR) is 102 cm³/mol. The summed E-state index contributed by atoms with van der Waals surface area (Å²) >= 11 is 1.77. The van der Waals surface area contributed by atoms with Gasteiger partial charge in [-0.15, -0.1) is 11.3 Å². The molecular formula is C19H25N5S. The quantitative estimate of drug-likeness (QED) is 0.681. The number of thiazole rings is 1. The van der Waals surface area contributed by atoms with Crippen molar-refractivity contribution in [1.29, 1.82) is 0 Å². The van der Waals surface area contributed by atoms with E-state index in [9.17, 15) is 0 Å².